The molecule has 0 bridgehead atoms. The highest BCUT2D eigenvalue weighted by Gasteiger charge is 2.19. The summed E-state index contributed by atoms with van der Waals surface area (Å²) >= 11 is 0. The smallest absolute Gasteiger partial charge is 0.282 e. The first kappa shape index (κ1) is 16.1. The molecule has 1 aromatic carbocycles. The van der Waals surface area contributed by atoms with Gasteiger partial charge in [-0.15, -0.1) is 10.2 Å². The summed E-state index contributed by atoms with van der Waals surface area (Å²) in [6.07, 6.45) is 2.97. The molecule has 1 N–H and O–H groups in total. The highest BCUT2D eigenvalue weighted by atomic mass is 32.2. The van der Waals surface area contributed by atoms with Gasteiger partial charge in [0.05, 0.1) is 12.0 Å². The van der Waals surface area contributed by atoms with Crippen LogP contribution in [0.5, 0.6) is 0 Å². The van der Waals surface area contributed by atoms with Crippen LogP contribution in [0.1, 0.15) is 19.9 Å². The second-order valence-electron chi connectivity index (χ2n) is 5.53. The number of sulfonamides is 1. The molecule has 0 atom stereocenters. The number of aromatic nitrogens is 4. The summed E-state index contributed by atoms with van der Waals surface area (Å²) in [4.78, 5) is 3.93. The summed E-state index contributed by atoms with van der Waals surface area (Å²) in [6, 6.07) is 13.0. The van der Waals surface area contributed by atoms with Gasteiger partial charge in [0.2, 0.25) is 0 Å². The van der Waals surface area contributed by atoms with Gasteiger partial charge in [-0.25, -0.2) is 4.98 Å². The van der Waals surface area contributed by atoms with Crippen molar-refractivity contribution in [1.82, 2.24) is 19.7 Å². The Bertz CT molecular complexity index is 919. The predicted molar refractivity (Wildman–Crippen MR) is 90.9 cm³/mol. The Balaban J connectivity index is 1.80. The Hall–Kier alpha value is -2.74. The molecule has 0 saturated heterocycles. The highest BCUT2D eigenvalue weighted by Crippen LogP contribution is 2.18. The first-order valence-electron chi connectivity index (χ1n) is 7.41. The Morgan fingerprint density at radius 2 is 1.79 bits per heavy atom. The Morgan fingerprint density at radius 1 is 1.04 bits per heavy atom. The monoisotopic (exact) mass is 343 g/mol. The van der Waals surface area contributed by atoms with E-state index in [0.29, 0.717) is 5.69 Å². The Kier molecular flexibility index (Phi) is 4.30. The number of anilines is 1. The molecule has 2 heterocycles. The maximum absolute atomic E-state index is 12.3. The fraction of sp³-hybridized carbons (Fsp3) is 0.188. The Morgan fingerprint density at radius 3 is 2.38 bits per heavy atom. The predicted octanol–water partition coefficient (Wildman–Crippen LogP) is 2.72. The minimum atomic E-state index is -3.79. The van der Waals surface area contributed by atoms with Crippen LogP contribution in [-0.2, 0) is 10.0 Å². The summed E-state index contributed by atoms with van der Waals surface area (Å²) in [5.41, 5.74) is 1.58. The van der Waals surface area contributed by atoms with Gasteiger partial charge < -0.3 is 4.57 Å². The molecular formula is C16H17N5O2S. The van der Waals surface area contributed by atoms with Gasteiger partial charge in [0, 0.05) is 17.8 Å². The lowest BCUT2D eigenvalue weighted by molar-refractivity contribution is 0.591. The van der Waals surface area contributed by atoms with Gasteiger partial charge in [0.25, 0.3) is 10.0 Å². The van der Waals surface area contributed by atoms with Crippen LogP contribution in [0.2, 0.25) is 0 Å². The molecule has 124 valence electrons. The minimum absolute atomic E-state index is 0.0508. The van der Waals surface area contributed by atoms with E-state index in [9.17, 15) is 8.42 Å². The van der Waals surface area contributed by atoms with Crippen molar-refractivity contribution in [2.24, 2.45) is 0 Å². The van der Waals surface area contributed by atoms with Crippen molar-refractivity contribution in [2.75, 3.05) is 4.72 Å². The van der Waals surface area contributed by atoms with Crippen LogP contribution >= 0.6 is 0 Å². The van der Waals surface area contributed by atoms with E-state index in [-0.39, 0.29) is 16.9 Å². The normalized spacial score (nSPS) is 11.6. The SMILES string of the molecule is CC(C)n1cnc(S(=O)(=O)Nc2ccc(-c3ccccc3)nn2)c1. The maximum Gasteiger partial charge on any atom is 0.282 e. The van der Waals surface area contributed by atoms with E-state index in [1.807, 2.05) is 44.2 Å². The second-order valence-corrected chi connectivity index (χ2v) is 7.16. The standard InChI is InChI=1S/C16H17N5O2S/c1-12(2)21-10-16(17-11-21)24(22,23)20-15-9-8-14(18-19-15)13-6-4-3-5-7-13/h3-12H,1-2H3,(H,19,20). The molecule has 0 radical (unpaired) electrons. The number of nitrogens with one attached hydrogen (secondary N) is 1. The van der Waals surface area contributed by atoms with Crippen LogP contribution in [0.15, 0.2) is 60.0 Å². The molecule has 2 aromatic heterocycles. The topological polar surface area (TPSA) is 89.8 Å². The summed E-state index contributed by atoms with van der Waals surface area (Å²) < 4.78 is 28.8. The molecule has 0 unspecified atom stereocenters. The number of hydrogen-bond acceptors (Lipinski definition) is 5. The third-order valence-electron chi connectivity index (χ3n) is 3.42. The van der Waals surface area contributed by atoms with Crippen molar-refractivity contribution in [3.05, 3.63) is 55.0 Å². The second kappa shape index (κ2) is 6.40. The lowest BCUT2D eigenvalue weighted by Gasteiger charge is -2.06. The zero-order chi connectivity index (χ0) is 17.2. The van der Waals surface area contributed by atoms with Gasteiger partial charge >= 0.3 is 0 Å². The maximum atomic E-state index is 12.3. The van der Waals surface area contributed by atoms with Gasteiger partial charge in [0.1, 0.15) is 0 Å². The lowest BCUT2D eigenvalue weighted by Crippen LogP contribution is -2.14. The number of rotatable bonds is 5. The molecule has 0 amide bonds. The third-order valence-corrected chi connectivity index (χ3v) is 4.66. The van der Waals surface area contributed by atoms with E-state index in [4.69, 9.17) is 0 Å². The molecule has 0 aliphatic carbocycles. The molecule has 0 spiro atoms. The molecule has 0 saturated carbocycles. The van der Waals surface area contributed by atoms with Crippen molar-refractivity contribution >= 4 is 15.8 Å². The Labute approximate surface area is 140 Å². The van der Waals surface area contributed by atoms with Gasteiger partial charge in [-0.1, -0.05) is 30.3 Å². The van der Waals surface area contributed by atoms with E-state index in [0.717, 1.165) is 5.56 Å². The zero-order valence-corrected chi connectivity index (χ0v) is 14.1. The number of hydrogen-bond donors (Lipinski definition) is 1. The van der Waals surface area contributed by atoms with E-state index in [1.54, 1.807) is 16.7 Å². The van der Waals surface area contributed by atoms with E-state index in [2.05, 4.69) is 19.9 Å². The van der Waals surface area contributed by atoms with E-state index < -0.39 is 10.0 Å². The molecule has 7 nitrogen and oxygen atoms in total. The van der Waals surface area contributed by atoms with Gasteiger partial charge in [-0.05, 0) is 26.0 Å². The molecule has 8 heteroatoms. The van der Waals surface area contributed by atoms with Crippen molar-refractivity contribution in [3.8, 4) is 11.3 Å². The average Bonchev–Trinajstić information content (AvgIpc) is 3.07. The average molecular weight is 343 g/mol. The highest BCUT2D eigenvalue weighted by molar-refractivity contribution is 7.92. The molecule has 24 heavy (non-hydrogen) atoms. The van der Waals surface area contributed by atoms with Crippen LogP contribution in [0.3, 0.4) is 0 Å². The van der Waals surface area contributed by atoms with Crippen LogP contribution < -0.4 is 4.72 Å². The molecular weight excluding hydrogens is 326 g/mol. The summed E-state index contributed by atoms with van der Waals surface area (Å²) in [5.74, 6) is 0.147. The largest absolute Gasteiger partial charge is 0.334 e. The van der Waals surface area contributed by atoms with Gasteiger partial charge in [-0.2, -0.15) is 8.42 Å². The van der Waals surface area contributed by atoms with Crippen LogP contribution in [0.25, 0.3) is 11.3 Å². The quantitative estimate of drug-likeness (QED) is 0.769. The van der Waals surface area contributed by atoms with E-state index in [1.165, 1.54) is 12.5 Å². The third kappa shape index (κ3) is 3.43. The summed E-state index contributed by atoms with van der Waals surface area (Å²) in [5, 5.41) is 7.94. The fourth-order valence-electron chi connectivity index (χ4n) is 2.08. The molecule has 3 aromatic rings. The minimum Gasteiger partial charge on any atom is -0.334 e. The number of nitrogens with zero attached hydrogens (tertiary/aromatic N) is 4. The van der Waals surface area contributed by atoms with Crippen molar-refractivity contribution < 1.29 is 8.42 Å². The zero-order valence-electron chi connectivity index (χ0n) is 13.3. The number of imidazole rings is 1. The first-order valence-corrected chi connectivity index (χ1v) is 8.89. The number of benzene rings is 1. The molecule has 0 fully saturated rings. The van der Waals surface area contributed by atoms with Crippen LogP contribution in [0, 0.1) is 0 Å². The molecule has 0 aliphatic heterocycles. The van der Waals surface area contributed by atoms with Crippen LogP contribution in [0.4, 0.5) is 5.82 Å². The van der Waals surface area contributed by atoms with Crippen LogP contribution in [-0.4, -0.2) is 28.2 Å². The molecule has 3 rings (SSSR count). The van der Waals surface area contributed by atoms with Crippen molar-refractivity contribution in [2.45, 2.75) is 24.9 Å². The van der Waals surface area contributed by atoms with E-state index >= 15 is 0 Å². The van der Waals surface area contributed by atoms with Crippen molar-refractivity contribution in [1.29, 1.82) is 0 Å². The fourth-order valence-corrected chi connectivity index (χ4v) is 3.01. The summed E-state index contributed by atoms with van der Waals surface area (Å²) in [7, 11) is -3.79. The first-order chi connectivity index (χ1) is 11.5. The summed E-state index contributed by atoms with van der Waals surface area (Å²) in [6.45, 7) is 3.89. The van der Waals surface area contributed by atoms with Crippen molar-refractivity contribution in [3.63, 3.8) is 0 Å². The molecule has 0 aliphatic rings. The lowest BCUT2D eigenvalue weighted by atomic mass is 10.1. The van der Waals surface area contributed by atoms with Gasteiger partial charge in [0.15, 0.2) is 10.8 Å². The van der Waals surface area contributed by atoms with Gasteiger partial charge in [-0.3, -0.25) is 4.72 Å².